The zero-order chi connectivity index (χ0) is 14.1. The monoisotopic (exact) mass is 276 g/mol. The van der Waals surface area contributed by atoms with Crippen molar-refractivity contribution in [1.29, 1.82) is 0 Å². The Kier molecular flexibility index (Phi) is 8.19. The number of hydrogen-bond acceptors (Lipinski definition) is 4. The highest BCUT2D eigenvalue weighted by Gasteiger charge is 2.17. The number of carbonyl (C=O) groups excluding carboxylic acids is 2. The first-order chi connectivity index (χ1) is 8.34. The number of rotatable bonds is 8. The van der Waals surface area contributed by atoms with E-state index < -0.39 is 12.0 Å². The van der Waals surface area contributed by atoms with Gasteiger partial charge in [0.05, 0.1) is 0 Å². The van der Waals surface area contributed by atoms with Crippen LogP contribution >= 0.6 is 11.8 Å². The number of thioether (sulfide) groups is 1. The number of hydrogen-bond donors (Lipinski definition) is 2. The summed E-state index contributed by atoms with van der Waals surface area (Å²) in [5.74, 6) is -0.325. The lowest BCUT2D eigenvalue weighted by molar-refractivity contribution is -0.140. The summed E-state index contributed by atoms with van der Waals surface area (Å²) in [6, 6.07) is -0.864. The van der Waals surface area contributed by atoms with Crippen LogP contribution in [0.3, 0.4) is 0 Å². The molecule has 0 aromatic rings. The van der Waals surface area contributed by atoms with E-state index in [9.17, 15) is 14.4 Å². The molecule has 0 spiro atoms. The molecule has 2 N–H and O–H groups in total. The Bertz CT molecular complexity index is 307. The SMILES string of the molecule is CC(=O)N[C@@H](CSCCCC(=O)N(C)C)C(=O)O. The summed E-state index contributed by atoms with van der Waals surface area (Å²) in [5.41, 5.74) is 0. The molecule has 0 rings (SSSR count). The average Bonchev–Trinajstić information content (AvgIpc) is 2.25. The Morgan fingerprint density at radius 3 is 2.39 bits per heavy atom. The molecule has 0 saturated heterocycles. The third-order valence-corrected chi connectivity index (χ3v) is 3.28. The predicted octanol–water partition coefficient (Wildman–Crippen LogP) is 0.177. The van der Waals surface area contributed by atoms with Crippen molar-refractivity contribution in [2.45, 2.75) is 25.8 Å². The summed E-state index contributed by atoms with van der Waals surface area (Å²) in [6.07, 6.45) is 1.16. The smallest absolute Gasteiger partial charge is 0.327 e. The number of carbonyl (C=O) groups is 3. The van der Waals surface area contributed by atoms with E-state index in [0.29, 0.717) is 24.3 Å². The van der Waals surface area contributed by atoms with E-state index in [2.05, 4.69) is 5.32 Å². The van der Waals surface area contributed by atoms with Crippen molar-refractivity contribution >= 4 is 29.5 Å². The number of carboxylic acid groups (broad SMARTS) is 1. The first-order valence-electron chi connectivity index (χ1n) is 5.62. The van der Waals surface area contributed by atoms with Gasteiger partial charge in [-0.3, -0.25) is 9.59 Å². The molecule has 0 aliphatic rings. The van der Waals surface area contributed by atoms with Crippen molar-refractivity contribution < 1.29 is 19.5 Å². The van der Waals surface area contributed by atoms with E-state index in [-0.39, 0.29) is 11.8 Å². The molecule has 0 aliphatic carbocycles. The molecule has 0 aromatic carbocycles. The van der Waals surface area contributed by atoms with Gasteiger partial charge in [0.2, 0.25) is 11.8 Å². The van der Waals surface area contributed by atoms with E-state index in [0.717, 1.165) is 0 Å². The highest BCUT2D eigenvalue weighted by molar-refractivity contribution is 7.99. The Morgan fingerprint density at radius 1 is 1.33 bits per heavy atom. The van der Waals surface area contributed by atoms with Gasteiger partial charge in [-0.1, -0.05) is 0 Å². The molecule has 0 aromatic heterocycles. The minimum atomic E-state index is -1.04. The summed E-state index contributed by atoms with van der Waals surface area (Å²) >= 11 is 1.42. The van der Waals surface area contributed by atoms with E-state index in [1.165, 1.54) is 23.6 Å². The molecule has 0 heterocycles. The van der Waals surface area contributed by atoms with Gasteiger partial charge in [0, 0.05) is 33.2 Å². The van der Waals surface area contributed by atoms with Gasteiger partial charge in [0.15, 0.2) is 0 Å². The first-order valence-corrected chi connectivity index (χ1v) is 6.78. The van der Waals surface area contributed by atoms with Crippen LogP contribution in [0.4, 0.5) is 0 Å². The van der Waals surface area contributed by atoms with Crippen molar-refractivity contribution in [3.63, 3.8) is 0 Å². The van der Waals surface area contributed by atoms with Crippen LogP contribution < -0.4 is 5.32 Å². The van der Waals surface area contributed by atoms with Crippen LogP contribution in [0.1, 0.15) is 19.8 Å². The van der Waals surface area contributed by atoms with E-state index in [1.807, 2.05) is 0 Å². The number of nitrogens with zero attached hydrogens (tertiary/aromatic N) is 1. The molecule has 104 valence electrons. The molecule has 0 fully saturated rings. The molecule has 0 radical (unpaired) electrons. The Labute approximate surface area is 111 Å². The lowest BCUT2D eigenvalue weighted by atomic mass is 10.3. The minimum Gasteiger partial charge on any atom is -0.480 e. The van der Waals surface area contributed by atoms with Crippen LogP contribution in [0.15, 0.2) is 0 Å². The summed E-state index contributed by atoms with van der Waals surface area (Å²) in [6.45, 7) is 1.29. The Morgan fingerprint density at radius 2 is 1.94 bits per heavy atom. The zero-order valence-corrected chi connectivity index (χ0v) is 11.7. The van der Waals surface area contributed by atoms with Gasteiger partial charge < -0.3 is 15.3 Å². The normalized spacial score (nSPS) is 11.7. The molecular formula is C11H20N2O4S. The lowest BCUT2D eigenvalue weighted by Crippen LogP contribution is -2.41. The van der Waals surface area contributed by atoms with Gasteiger partial charge in [-0.25, -0.2) is 4.79 Å². The van der Waals surface area contributed by atoms with Gasteiger partial charge in [-0.2, -0.15) is 11.8 Å². The molecule has 0 aliphatic heterocycles. The quantitative estimate of drug-likeness (QED) is 0.617. The summed E-state index contributed by atoms with van der Waals surface area (Å²) in [4.78, 5) is 34.4. The molecule has 6 nitrogen and oxygen atoms in total. The largest absolute Gasteiger partial charge is 0.480 e. The molecule has 0 bridgehead atoms. The molecular weight excluding hydrogens is 256 g/mol. The van der Waals surface area contributed by atoms with Crippen molar-refractivity contribution in [2.24, 2.45) is 0 Å². The molecule has 7 heteroatoms. The zero-order valence-electron chi connectivity index (χ0n) is 10.9. The van der Waals surface area contributed by atoms with Crippen LogP contribution in [-0.2, 0) is 14.4 Å². The predicted molar refractivity (Wildman–Crippen MR) is 70.5 cm³/mol. The van der Waals surface area contributed by atoms with Crippen molar-refractivity contribution in [3.05, 3.63) is 0 Å². The first kappa shape index (κ1) is 16.8. The fraction of sp³-hybridized carbons (Fsp3) is 0.727. The van der Waals surface area contributed by atoms with Crippen molar-refractivity contribution in [3.8, 4) is 0 Å². The third kappa shape index (κ3) is 7.94. The van der Waals surface area contributed by atoms with Crippen LogP contribution in [-0.4, -0.2) is 59.4 Å². The fourth-order valence-electron chi connectivity index (χ4n) is 1.17. The standard InChI is InChI=1S/C11H20N2O4S/c1-8(14)12-9(11(16)17)7-18-6-4-5-10(15)13(2)3/h9H,4-7H2,1-3H3,(H,12,14)(H,16,17)/t9-/m0/s1. The number of amides is 2. The van der Waals surface area contributed by atoms with Crippen molar-refractivity contribution in [2.75, 3.05) is 25.6 Å². The topological polar surface area (TPSA) is 86.7 Å². The maximum absolute atomic E-state index is 11.3. The molecule has 1 atom stereocenters. The molecule has 2 amide bonds. The van der Waals surface area contributed by atoms with E-state index >= 15 is 0 Å². The molecule has 0 unspecified atom stereocenters. The van der Waals surface area contributed by atoms with Gasteiger partial charge >= 0.3 is 5.97 Å². The summed E-state index contributed by atoms with van der Waals surface area (Å²) < 4.78 is 0. The number of nitrogens with one attached hydrogen (secondary N) is 1. The lowest BCUT2D eigenvalue weighted by Gasteiger charge is -2.13. The summed E-state index contributed by atoms with van der Waals surface area (Å²) in [7, 11) is 3.40. The highest BCUT2D eigenvalue weighted by atomic mass is 32.2. The second-order valence-electron chi connectivity index (χ2n) is 4.06. The van der Waals surface area contributed by atoms with Gasteiger partial charge in [0.25, 0.3) is 0 Å². The second kappa shape index (κ2) is 8.79. The van der Waals surface area contributed by atoms with Crippen LogP contribution in [0.25, 0.3) is 0 Å². The van der Waals surface area contributed by atoms with Gasteiger partial charge in [-0.15, -0.1) is 0 Å². The minimum absolute atomic E-state index is 0.0623. The third-order valence-electron chi connectivity index (χ3n) is 2.14. The van der Waals surface area contributed by atoms with Gasteiger partial charge in [-0.05, 0) is 12.2 Å². The number of carboxylic acids is 1. The van der Waals surface area contributed by atoms with Gasteiger partial charge in [0.1, 0.15) is 6.04 Å². The van der Waals surface area contributed by atoms with E-state index in [4.69, 9.17) is 5.11 Å². The highest BCUT2D eigenvalue weighted by Crippen LogP contribution is 2.08. The Balaban J connectivity index is 3.77. The van der Waals surface area contributed by atoms with Crippen LogP contribution in [0.2, 0.25) is 0 Å². The fourth-order valence-corrected chi connectivity index (χ4v) is 2.15. The molecule has 0 saturated carbocycles. The van der Waals surface area contributed by atoms with Crippen LogP contribution in [0, 0.1) is 0 Å². The maximum Gasteiger partial charge on any atom is 0.327 e. The summed E-state index contributed by atoms with van der Waals surface area (Å²) in [5, 5.41) is 11.2. The van der Waals surface area contributed by atoms with E-state index in [1.54, 1.807) is 14.1 Å². The average molecular weight is 276 g/mol. The van der Waals surface area contributed by atoms with Crippen LogP contribution in [0.5, 0.6) is 0 Å². The van der Waals surface area contributed by atoms with Crippen molar-refractivity contribution in [1.82, 2.24) is 10.2 Å². The Hall–Kier alpha value is -1.24. The second-order valence-corrected chi connectivity index (χ2v) is 5.21. The number of aliphatic carboxylic acids is 1. The maximum atomic E-state index is 11.3. The molecule has 18 heavy (non-hydrogen) atoms.